The van der Waals surface area contributed by atoms with Crippen LogP contribution in [0.1, 0.15) is 25.7 Å². The minimum atomic E-state index is -4.74. The molecular weight excluding hydrogens is 306 g/mol. The largest absolute Gasteiger partial charge is 0.349 e. The second kappa shape index (κ2) is 6.93. The summed E-state index contributed by atoms with van der Waals surface area (Å²) in [6, 6.07) is -1.07. The van der Waals surface area contributed by atoms with Crippen LogP contribution in [0, 0.1) is 0 Å². The lowest BCUT2D eigenvalue weighted by molar-refractivity contribution is -0.198. The third kappa shape index (κ3) is 4.46. The van der Waals surface area contributed by atoms with Crippen molar-refractivity contribution in [2.24, 2.45) is 11.5 Å². The summed E-state index contributed by atoms with van der Waals surface area (Å²) in [5, 5.41) is -1.92. The van der Waals surface area contributed by atoms with Crippen molar-refractivity contribution >= 4 is 27.9 Å². The summed E-state index contributed by atoms with van der Waals surface area (Å²) in [6.45, 7) is 0.431. The van der Waals surface area contributed by atoms with Gasteiger partial charge in [0.25, 0.3) is 21.9 Å². The maximum Gasteiger partial charge on any atom is 0.349 e. The molecule has 0 aromatic carbocycles. The van der Waals surface area contributed by atoms with Crippen molar-refractivity contribution in [3.05, 3.63) is 0 Å². The van der Waals surface area contributed by atoms with Crippen LogP contribution in [0.3, 0.4) is 0 Å². The zero-order chi connectivity index (χ0) is 16.2. The number of carbonyl (C=O) groups is 3. The van der Waals surface area contributed by atoms with Gasteiger partial charge in [-0.25, -0.2) is 4.79 Å². The zero-order valence-electron chi connectivity index (χ0n) is 11.1. The maximum atomic E-state index is 11.6. The number of nitrogens with two attached hydrogens (primary N) is 2. The van der Waals surface area contributed by atoms with Gasteiger partial charge in [0.15, 0.2) is 5.25 Å². The Kier molecular flexibility index (Phi) is 5.78. The number of unbranched alkanes of at least 4 members (excludes halogenated alkanes) is 1. The van der Waals surface area contributed by atoms with Gasteiger partial charge in [-0.3, -0.25) is 14.1 Å². The predicted molar refractivity (Wildman–Crippen MR) is 68.8 cm³/mol. The van der Waals surface area contributed by atoms with Crippen LogP contribution in [0.15, 0.2) is 0 Å². The van der Waals surface area contributed by atoms with Gasteiger partial charge in [-0.1, -0.05) is 6.42 Å². The van der Waals surface area contributed by atoms with E-state index in [0.29, 0.717) is 19.4 Å². The molecule has 120 valence electrons. The normalized spacial score (nSPS) is 20.7. The molecular formula is C10H17N3O7S. The number of nitrogens with zero attached hydrogens (tertiary/aromatic N) is 1. The molecule has 0 radical (unpaired) electrons. The Bertz CT molecular complexity index is 533. The van der Waals surface area contributed by atoms with Crippen molar-refractivity contribution in [2.45, 2.75) is 37.0 Å². The average molecular weight is 323 g/mol. The molecule has 11 heteroatoms. The highest BCUT2D eigenvalue weighted by Gasteiger charge is 2.48. The molecule has 0 spiro atoms. The number of hydrogen-bond donors (Lipinski definition) is 3. The van der Waals surface area contributed by atoms with E-state index in [1.807, 2.05) is 0 Å². The Morgan fingerprint density at radius 2 is 2.05 bits per heavy atom. The van der Waals surface area contributed by atoms with E-state index in [-0.39, 0.29) is 11.5 Å². The number of amides is 2. The van der Waals surface area contributed by atoms with Gasteiger partial charge in [0.1, 0.15) is 6.04 Å². The van der Waals surface area contributed by atoms with E-state index in [1.54, 1.807) is 0 Å². The van der Waals surface area contributed by atoms with Crippen molar-refractivity contribution in [1.82, 2.24) is 5.06 Å². The lowest BCUT2D eigenvalue weighted by atomic mass is 10.1. The maximum absolute atomic E-state index is 11.6. The lowest BCUT2D eigenvalue weighted by Crippen LogP contribution is -2.42. The van der Waals surface area contributed by atoms with E-state index in [9.17, 15) is 22.8 Å². The average Bonchev–Trinajstić information content (AvgIpc) is 2.66. The minimum Gasteiger partial charge on any atom is -0.330 e. The van der Waals surface area contributed by atoms with Crippen LogP contribution in [-0.4, -0.2) is 53.7 Å². The zero-order valence-corrected chi connectivity index (χ0v) is 11.9. The van der Waals surface area contributed by atoms with Crippen LogP contribution in [0.2, 0.25) is 0 Å². The topological polar surface area (TPSA) is 170 Å². The fourth-order valence-corrected chi connectivity index (χ4v) is 2.40. The molecule has 1 fully saturated rings. The van der Waals surface area contributed by atoms with Gasteiger partial charge in [-0.2, -0.15) is 8.42 Å². The summed E-state index contributed by atoms with van der Waals surface area (Å²) in [5.41, 5.74) is 10.8. The molecule has 1 rings (SSSR count). The number of hydrogen-bond acceptors (Lipinski definition) is 8. The molecule has 0 bridgehead atoms. The molecule has 10 nitrogen and oxygen atoms in total. The first-order valence-electron chi connectivity index (χ1n) is 6.19. The van der Waals surface area contributed by atoms with E-state index in [0.717, 1.165) is 0 Å². The summed E-state index contributed by atoms with van der Waals surface area (Å²) in [4.78, 5) is 39.2. The molecule has 1 heterocycles. The van der Waals surface area contributed by atoms with Crippen molar-refractivity contribution in [3.8, 4) is 0 Å². The number of imide groups is 1. The first kappa shape index (κ1) is 17.5. The summed E-state index contributed by atoms with van der Waals surface area (Å²) in [7, 11) is -4.74. The molecule has 2 amide bonds. The molecule has 5 N–H and O–H groups in total. The second-order valence-corrected chi connectivity index (χ2v) is 6.13. The highest BCUT2D eigenvalue weighted by atomic mass is 32.2. The van der Waals surface area contributed by atoms with Gasteiger partial charge in [0, 0.05) is 0 Å². The third-order valence-electron chi connectivity index (χ3n) is 2.87. The highest BCUT2D eigenvalue weighted by Crippen LogP contribution is 2.20. The van der Waals surface area contributed by atoms with Gasteiger partial charge in [0.05, 0.1) is 6.42 Å². The minimum absolute atomic E-state index is 0.0313. The molecule has 1 aliphatic rings. The lowest BCUT2D eigenvalue weighted by Gasteiger charge is -2.16. The van der Waals surface area contributed by atoms with Gasteiger partial charge < -0.3 is 16.3 Å². The van der Waals surface area contributed by atoms with Gasteiger partial charge >= 0.3 is 5.97 Å². The summed E-state index contributed by atoms with van der Waals surface area (Å²) in [5.74, 6) is -3.39. The van der Waals surface area contributed by atoms with Crippen molar-refractivity contribution < 1.29 is 32.2 Å². The van der Waals surface area contributed by atoms with Crippen LogP contribution in [-0.2, 0) is 29.3 Å². The Labute approximate surface area is 121 Å². The summed E-state index contributed by atoms with van der Waals surface area (Å²) < 4.78 is 30.6. The summed E-state index contributed by atoms with van der Waals surface area (Å²) >= 11 is 0. The molecule has 1 unspecified atom stereocenters. The first-order valence-corrected chi connectivity index (χ1v) is 7.69. The Morgan fingerprint density at radius 3 is 2.52 bits per heavy atom. The van der Waals surface area contributed by atoms with Crippen LogP contribution in [0.5, 0.6) is 0 Å². The van der Waals surface area contributed by atoms with Gasteiger partial charge in [-0.05, 0) is 19.4 Å². The standard InChI is InChI=1S/C10H17N3O7S/c11-4-2-1-3-6(12)10(16)20-13-8(14)5-7(9(13)15)21(17,18)19/h6-7H,1-5,11-12H2,(H,17,18,19)/t6-,7?/m0/s1. The van der Waals surface area contributed by atoms with Crippen molar-refractivity contribution in [1.29, 1.82) is 0 Å². The van der Waals surface area contributed by atoms with Crippen LogP contribution in [0.4, 0.5) is 0 Å². The molecule has 0 aromatic rings. The van der Waals surface area contributed by atoms with Crippen LogP contribution >= 0.6 is 0 Å². The molecule has 0 aromatic heterocycles. The van der Waals surface area contributed by atoms with E-state index >= 15 is 0 Å². The Balaban J connectivity index is 2.64. The summed E-state index contributed by atoms with van der Waals surface area (Å²) in [6.07, 6.45) is 0.664. The Morgan fingerprint density at radius 1 is 1.43 bits per heavy atom. The number of rotatable bonds is 7. The van der Waals surface area contributed by atoms with E-state index < -0.39 is 45.6 Å². The van der Waals surface area contributed by atoms with Crippen molar-refractivity contribution in [2.75, 3.05) is 6.54 Å². The van der Waals surface area contributed by atoms with E-state index in [2.05, 4.69) is 4.84 Å². The number of hydroxylamine groups is 2. The quantitative estimate of drug-likeness (QED) is 0.270. The molecule has 0 aliphatic carbocycles. The smallest absolute Gasteiger partial charge is 0.330 e. The molecule has 0 saturated carbocycles. The third-order valence-corrected chi connectivity index (χ3v) is 3.96. The van der Waals surface area contributed by atoms with Gasteiger partial charge in [-0.15, -0.1) is 5.06 Å². The van der Waals surface area contributed by atoms with Crippen LogP contribution in [0.25, 0.3) is 0 Å². The first-order chi connectivity index (χ1) is 9.68. The van der Waals surface area contributed by atoms with Crippen molar-refractivity contribution in [3.63, 3.8) is 0 Å². The molecule has 21 heavy (non-hydrogen) atoms. The van der Waals surface area contributed by atoms with E-state index in [4.69, 9.17) is 16.0 Å². The fourth-order valence-electron chi connectivity index (χ4n) is 1.70. The highest BCUT2D eigenvalue weighted by molar-refractivity contribution is 7.87. The Hall–Kier alpha value is -1.56. The van der Waals surface area contributed by atoms with E-state index in [1.165, 1.54) is 0 Å². The molecule has 1 aliphatic heterocycles. The molecule has 2 atom stereocenters. The number of carbonyl (C=O) groups excluding carboxylic acids is 3. The van der Waals surface area contributed by atoms with Crippen LogP contribution < -0.4 is 11.5 Å². The molecule has 1 saturated heterocycles. The SMILES string of the molecule is NCCCC[C@H](N)C(=O)ON1C(=O)CC(S(=O)(=O)O)C1=O. The predicted octanol–water partition coefficient (Wildman–Crippen LogP) is -2.08. The fraction of sp³-hybridized carbons (Fsp3) is 0.700. The van der Waals surface area contributed by atoms with Gasteiger partial charge in [0.2, 0.25) is 0 Å². The second-order valence-electron chi connectivity index (χ2n) is 4.54. The monoisotopic (exact) mass is 323 g/mol.